The van der Waals surface area contributed by atoms with Crippen LogP contribution < -0.4 is 16.1 Å². The number of hydrogen-bond acceptors (Lipinski definition) is 6. The Kier molecular flexibility index (Phi) is 7.19. The molecule has 0 aliphatic carbocycles. The fourth-order valence-electron chi connectivity index (χ4n) is 2.81. The maximum atomic E-state index is 13.4. The quantitative estimate of drug-likeness (QED) is 0.330. The maximum absolute atomic E-state index is 13.4. The molecular formula is C22H20FN5O4. The first-order chi connectivity index (χ1) is 15.4. The Balaban J connectivity index is 1.58. The lowest BCUT2D eigenvalue weighted by atomic mass is 10.1. The van der Waals surface area contributed by atoms with Crippen molar-refractivity contribution in [3.63, 3.8) is 0 Å². The summed E-state index contributed by atoms with van der Waals surface area (Å²) in [6, 6.07) is 12.1. The number of nitrogens with zero attached hydrogens (tertiary/aromatic N) is 2. The summed E-state index contributed by atoms with van der Waals surface area (Å²) in [6.45, 7) is 1.97. The number of aryl methyl sites for hydroxylation is 1. The van der Waals surface area contributed by atoms with Gasteiger partial charge in [-0.1, -0.05) is 24.3 Å². The van der Waals surface area contributed by atoms with Crippen LogP contribution in [0.25, 0.3) is 0 Å². The van der Waals surface area contributed by atoms with Gasteiger partial charge in [0.25, 0.3) is 17.7 Å². The number of nitrogens with one attached hydrogen (secondary N) is 3. The van der Waals surface area contributed by atoms with Gasteiger partial charge in [0.2, 0.25) is 0 Å². The highest BCUT2D eigenvalue weighted by Gasteiger charge is 2.13. The first-order valence-corrected chi connectivity index (χ1v) is 9.54. The van der Waals surface area contributed by atoms with Gasteiger partial charge in [0.1, 0.15) is 23.5 Å². The van der Waals surface area contributed by atoms with E-state index in [1.807, 2.05) is 0 Å². The second-order valence-electron chi connectivity index (χ2n) is 6.88. The number of hydroxylamine groups is 1. The van der Waals surface area contributed by atoms with Crippen molar-refractivity contribution in [3.05, 3.63) is 94.3 Å². The highest BCUT2D eigenvalue weighted by atomic mass is 19.1. The van der Waals surface area contributed by atoms with Crippen molar-refractivity contribution < 1.29 is 24.0 Å². The Morgan fingerprint density at radius 1 is 0.844 bits per heavy atom. The Labute approximate surface area is 182 Å². The molecule has 0 fully saturated rings. The van der Waals surface area contributed by atoms with Crippen LogP contribution in [0.2, 0.25) is 0 Å². The zero-order valence-electron chi connectivity index (χ0n) is 17.1. The molecule has 0 aliphatic heterocycles. The van der Waals surface area contributed by atoms with Crippen LogP contribution in [0.15, 0.2) is 54.9 Å². The smallest absolute Gasteiger partial charge is 0.274 e. The Bertz CT molecular complexity index is 1150. The van der Waals surface area contributed by atoms with Gasteiger partial charge in [-0.05, 0) is 41.8 Å². The van der Waals surface area contributed by atoms with Crippen molar-refractivity contribution in [3.8, 4) is 0 Å². The van der Waals surface area contributed by atoms with Gasteiger partial charge in [-0.3, -0.25) is 19.6 Å². The Morgan fingerprint density at radius 2 is 1.41 bits per heavy atom. The fraction of sp³-hybridized carbons (Fsp3) is 0.136. The number of halogens is 1. The van der Waals surface area contributed by atoms with Crippen LogP contribution >= 0.6 is 0 Å². The van der Waals surface area contributed by atoms with Crippen LogP contribution in [0.5, 0.6) is 0 Å². The van der Waals surface area contributed by atoms with Gasteiger partial charge in [0.15, 0.2) is 0 Å². The summed E-state index contributed by atoms with van der Waals surface area (Å²) < 4.78 is 13.4. The molecule has 164 valence electrons. The molecule has 0 spiro atoms. The number of rotatable bonds is 7. The molecule has 3 aromatic rings. The van der Waals surface area contributed by atoms with E-state index in [0.717, 1.165) is 17.5 Å². The molecular weight excluding hydrogens is 417 g/mol. The summed E-state index contributed by atoms with van der Waals surface area (Å²) >= 11 is 0. The van der Waals surface area contributed by atoms with Crippen LogP contribution in [0, 0.1) is 12.7 Å². The van der Waals surface area contributed by atoms with Crippen LogP contribution in [0.3, 0.4) is 0 Å². The van der Waals surface area contributed by atoms with Crippen LogP contribution in [0.1, 0.15) is 48.0 Å². The molecule has 0 saturated heterocycles. The number of carbonyl (C=O) groups excluding carboxylic acids is 3. The molecule has 0 saturated carbocycles. The third-order valence-electron chi connectivity index (χ3n) is 4.58. The lowest BCUT2D eigenvalue weighted by molar-refractivity contribution is 0.0706. The van der Waals surface area contributed by atoms with E-state index in [1.54, 1.807) is 31.2 Å². The second-order valence-corrected chi connectivity index (χ2v) is 6.88. The van der Waals surface area contributed by atoms with Crippen LogP contribution in [-0.2, 0) is 13.1 Å². The third-order valence-corrected chi connectivity index (χ3v) is 4.58. The lowest BCUT2D eigenvalue weighted by Crippen LogP contribution is -2.27. The van der Waals surface area contributed by atoms with E-state index in [-0.39, 0.29) is 35.9 Å². The normalized spacial score (nSPS) is 10.3. The number of aromatic nitrogens is 2. The monoisotopic (exact) mass is 437 g/mol. The first kappa shape index (κ1) is 22.5. The molecule has 0 unspecified atom stereocenters. The minimum absolute atomic E-state index is 0.0130. The summed E-state index contributed by atoms with van der Waals surface area (Å²) in [5, 5.41) is 14.0. The van der Waals surface area contributed by atoms with Gasteiger partial charge >= 0.3 is 0 Å². The number of carbonyl (C=O) groups is 3. The molecule has 1 aromatic heterocycles. The van der Waals surface area contributed by atoms with Crippen molar-refractivity contribution >= 4 is 17.7 Å². The van der Waals surface area contributed by atoms with E-state index in [0.29, 0.717) is 5.56 Å². The molecule has 9 nitrogen and oxygen atoms in total. The summed E-state index contributed by atoms with van der Waals surface area (Å²) in [5.41, 5.74) is 3.76. The minimum atomic E-state index is -0.637. The zero-order chi connectivity index (χ0) is 23.1. The first-order valence-electron chi connectivity index (χ1n) is 9.54. The molecule has 0 radical (unpaired) electrons. The second kappa shape index (κ2) is 10.2. The number of hydrogen-bond donors (Lipinski definition) is 4. The summed E-state index contributed by atoms with van der Waals surface area (Å²) in [6.07, 6.45) is 1.12. The average Bonchev–Trinajstić information content (AvgIpc) is 2.83. The minimum Gasteiger partial charge on any atom is -0.347 e. The molecule has 3 amide bonds. The van der Waals surface area contributed by atoms with Crippen molar-refractivity contribution in [1.29, 1.82) is 0 Å². The van der Waals surface area contributed by atoms with Crippen LogP contribution in [-0.4, -0.2) is 32.9 Å². The molecule has 0 atom stereocenters. The van der Waals surface area contributed by atoms with Crippen LogP contribution in [0.4, 0.5) is 4.39 Å². The van der Waals surface area contributed by atoms with Crippen molar-refractivity contribution in [2.45, 2.75) is 20.0 Å². The van der Waals surface area contributed by atoms with E-state index in [4.69, 9.17) is 5.21 Å². The van der Waals surface area contributed by atoms with E-state index in [9.17, 15) is 18.8 Å². The lowest BCUT2D eigenvalue weighted by Gasteiger charge is -2.08. The molecule has 10 heteroatoms. The van der Waals surface area contributed by atoms with E-state index in [2.05, 4.69) is 20.6 Å². The molecule has 2 aromatic carbocycles. The highest BCUT2D eigenvalue weighted by Crippen LogP contribution is 2.09. The highest BCUT2D eigenvalue weighted by molar-refractivity contribution is 5.97. The molecule has 32 heavy (non-hydrogen) atoms. The van der Waals surface area contributed by atoms with E-state index in [1.165, 1.54) is 29.7 Å². The topological polar surface area (TPSA) is 133 Å². The molecule has 0 bridgehead atoms. The number of amides is 3. The van der Waals surface area contributed by atoms with Crippen molar-refractivity contribution in [2.24, 2.45) is 0 Å². The largest absolute Gasteiger partial charge is 0.347 e. The van der Waals surface area contributed by atoms with Crippen molar-refractivity contribution in [2.75, 3.05) is 0 Å². The van der Waals surface area contributed by atoms with E-state index < -0.39 is 17.7 Å². The third kappa shape index (κ3) is 5.70. The Hall–Kier alpha value is -4.18. The Morgan fingerprint density at radius 3 is 1.97 bits per heavy atom. The van der Waals surface area contributed by atoms with Crippen molar-refractivity contribution in [1.82, 2.24) is 26.1 Å². The molecule has 3 rings (SSSR count). The maximum Gasteiger partial charge on any atom is 0.274 e. The van der Waals surface area contributed by atoms with Gasteiger partial charge < -0.3 is 10.6 Å². The predicted molar refractivity (Wildman–Crippen MR) is 111 cm³/mol. The predicted octanol–water partition coefficient (Wildman–Crippen LogP) is 1.90. The SMILES string of the molecule is Cc1cc(CNC(=O)c2cc(C(=O)NCc3ccc(C(=O)NO)cc3)ncn2)ccc1F. The average molecular weight is 437 g/mol. The van der Waals surface area contributed by atoms with Gasteiger partial charge in [0.05, 0.1) is 0 Å². The van der Waals surface area contributed by atoms with Gasteiger partial charge in [-0.2, -0.15) is 0 Å². The molecule has 4 N–H and O–H groups in total. The van der Waals surface area contributed by atoms with Gasteiger partial charge in [-0.25, -0.2) is 19.8 Å². The fourth-order valence-corrected chi connectivity index (χ4v) is 2.81. The van der Waals surface area contributed by atoms with Gasteiger partial charge in [0, 0.05) is 24.7 Å². The molecule has 1 heterocycles. The standard InChI is InChI=1S/C22H20FN5O4/c1-13-8-15(4-7-17(13)23)11-25-22(31)19-9-18(26-12-27-19)21(30)24-10-14-2-5-16(6-3-14)20(29)28-32/h2-9,12,32H,10-11H2,1H3,(H,24,30)(H,25,31)(H,28,29). The zero-order valence-corrected chi connectivity index (χ0v) is 17.1. The molecule has 0 aliphatic rings. The summed E-state index contributed by atoms with van der Waals surface area (Å²) in [7, 11) is 0. The van der Waals surface area contributed by atoms with Gasteiger partial charge in [-0.15, -0.1) is 0 Å². The summed E-state index contributed by atoms with van der Waals surface area (Å²) in [5.74, 6) is -1.96. The number of benzene rings is 2. The summed E-state index contributed by atoms with van der Waals surface area (Å²) in [4.78, 5) is 43.9. The van der Waals surface area contributed by atoms with E-state index >= 15 is 0 Å².